The molecule has 2 N–H and O–H groups in total. The minimum absolute atomic E-state index is 0.158. The Kier molecular flexibility index (Phi) is 3.47. The normalized spacial score (nSPS) is 10.9. The van der Waals surface area contributed by atoms with Crippen molar-refractivity contribution in [3.05, 3.63) is 47.1 Å². The number of benzene rings is 1. The first kappa shape index (κ1) is 12.8. The van der Waals surface area contributed by atoms with Crippen LogP contribution in [0.1, 0.15) is 5.56 Å². The van der Waals surface area contributed by atoms with Gasteiger partial charge in [-0.2, -0.15) is 15.1 Å². The molecule has 0 aliphatic carbocycles. The molecule has 0 aliphatic heterocycles. The van der Waals surface area contributed by atoms with Gasteiger partial charge in [0.2, 0.25) is 5.28 Å². The Labute approximate surface area is 119 Å². The fourth-order valence-electron chi connectivity index (χ4n) is 1.92. The average Bonchev–Trinajstić information content (AvgIpc) is 2.89. The summed E-state index contributed by atoms with van der Waals surface area (Å²) >= 11 is 5.84. The molecule has 0 radical (unpaired) electrons. The van der Waals surface area contributed by atoms with E-state index in [0.717, 1.165) is 17.4 Å². The Balaban J connectivity index is 1.70. The first-order chi connectivity index (χ1) is 9.72. The summed E-state index contributed by atoms with van der Waals surface area (Å²) in [6, 6.07) is 6.42. The third-order valence-electron chi connectivity index (χ3n) is 2.90. The molecule has 2 heterocycles. The molecular weight excluding hydrogens is 281 g/mol. The highest BCUT2D eigenvalue weighted by molar-refractivity contribution is 6.28. The van der Waals surface area contributed by atoms with Gasteiger partial charge in [0.1, 0.15) is 11.6 Å². The lowest BCUT2D eigenvalue weighted by molar-refractivity contribution is 0.627. The van der Waals surface area contributed by atoms with Crippen molar-refractivity contribution in [2.75, 3.05) is 11.9 Å². The molecule has 0 unspecified atom stereocenters. The van der Waals surface area contributed by atoms with Gasteiger partial charge < -0.3 is 5.32 Å². The van der Waals surface area contributed by atoms with E-state index in [1.54, 1.807) is 18.3 Å². The number of nitrogens with one attached hydrogen (secondary N) is 2. The number of H-pyrrole nitrogens is 1. The average molecular weight is 292 g/mol. The van der Waals surface area contributed by atoms with Gasteiger partial charge in [-0.05, 0) is 35.7 Å². The van der Waals surface area contributed by atoms with Crippen LogP contribution in [0.2, 0.25) is 5.28 Å². The zero-order chi connectivity index (χ0) is 13.9. The Morgan fingerprint density at radius 1 is 1.20 bits per heavy atom. The molecule has 0 fully saturated rings. The van der Waals surface area contributed by atoms with Crippen LogP contribution in [0.15, 0.2) is 30.5 Å². The molecule has 5 nitrogen and oxygen atoms in total. The predicted octanol–water partition coefficient (Wildman–Crippen LogP) is 2.80. The van der Waals surface area contributed by atoms with Gasteiger partial charge in [0.25, 0.3) is 0 Å². The van der Waals surface area contributed by atoms with Gasteiger partial charge in [0.15, 0.2) is 5.65 Å². The Morgan fingerprint density at radius 3 is 2.80 bits per heavy atom. The summed E-state index contributed by atoms with van der Waals surface area (Å²) < 4.78 is 12.8. The molecule has 0 bridgehead atoms. The van der Waals surface area contributed by atoms with Gasteiger partial charge in [0, 0.05) is 6.54 Å². The second kappa shape index (κ2) is 5.42. The number of hydrogen-bond acceptors (Lipinski definition) is 4. The maximum absolute atomic E-state index is 12.8. The fourth-order valence-corrected chi connectivity index (χ4v) is 2.09. The van der Waals surface area contributed by atoms with Crippen LogP contribution in [-0.2, 0) is 6.42 Å². The van der Waals surface area contributed by atoms with E-state index in [1.165, 1.54) is 12.1 Å². The molecule has 7 heteroatoms. The van der Waals surface area contributed by atoms with E-state index in [4.69, 9.17) is 11.6 Å². The van der Waals surface area contributed by atoms with Crippen LogP contribution in [0, 0.1) is 5.82 Å². The van der Waals surface area contributed by atoms with Gasteiger partial charge >= 0.3 is 0 Å². The van der Waals surface area contributed by atoms with E-state index in [9.17, 15) is 4.39 Å². The highest BCUT2D eigenvalue weighted by Crippen LogP contribution is 2.19. The Hall–Kier alpha value is -2.21. The number of rotatable bonds is 4. The largest absolute Gasteiger partial charge is 0.369 e. The van der Waals surface area contributed by atoms with Gasteiger partial charge in [0.05, 0.1) is 11.6 Å². The van der Waals surface area contributed by atoms with E-state index >= 15 is 0 Å². The number of fused-ring (bicyclic) bond motifs is 1. The van der Waals surface area contributed by atoms with Crippen LogP contribution in [-0.4, -0.2) is 26.7 Å². The van der Waals surface area contributed by atoms with Crippen LogP contribution in [0.5, 0.6) is 0 Å². The Morgan fingerprint density at radius 2 is 2.00 bits per heavy atom. The molecule has 0 amide bonds. The highest BCUT2D eigenvalue weighted by Gasteiger charge is 2.07. The van der Waals surface area contributed by atoms with Crippen molar-refractivity contribution in [1.82, 2.24) is 20.2 Å². The van der Waals surface area contributed by atoms with Crippen LogP contribution < -0.4 is 5.32 Å². The highest BCUT2D eigenvalue weighted by atomic mass is 35.5. The Bertz CT molecular complexity index is 725. The molecule has 2 aromatic heterocycles. The summed E-state index contributed by atoms with van der Waals surface area (Å²) in [5, 5.41) is 10.8. The molecule has 1 aromatic carbocycles. The van der Waals surface area contributed by atoms with Crippen molar-refractivity contribution in [3.63, 3.8) is 0 Å². The molecule has 20 heavy (non-hydrogen) atoms. The van der Waals surface area contributed by atoms with Gasteiger partial charge in [-0.1, -0.05) is 12.1 Å². The van der Waals surface area contributed by atoms with Gasteiger partial charge in [-0.3, -0.25) is 5.10 Å². The van der Waals surface area contributed by atoms with Crippen molar-refractivity contribution in [2.24, 2.45) is 0 Å². The van der Waals surface area contributed by atoms with E-state index in [2.05, 4.69) is 25.5 Å². The van der Waals surface area contributed by atoms with E-state index in [0.29, 0.717) is 18.0 Å². The molecule has 3 rings (SSSR count). The van der Waals surface area contributed by atoms with E-state index in [1.807, 2.05) is 0 Å². The molecule has 0 saturated heterocycles. The lowest BCUT2D eigenvalue weighted by Gasteiger charge is -2.06. The molecule has 0 aliphatic rings. The molecule has 0 atom stereocenters. The summed E-state index contributed by atoms with van der Waals surface area (Å²) in [7, 11) is 0. The van der Waals surface area contributed by atoms with Crippen molar-refractivity contribution in [1.29, 1.82) is 0 Å². The first-order valence-corrected chi connectivity index (χ1v) is 6.45. The quantitative estimate of drug-likeness (QED) is 0.725. The van der Waals surface area contributed by atoms with Crippen molar-refractivity contribution < 1.29 is 4.39 Å². The zero-order valence-electron chi connectivity index (χ0n) is 10.4. The number of aromatic amines is 1. The summed E-state index contributed by atoms with van der Waals surface area (Å²) in [5.41, 5.74) is 1.64. The standard InChI is InChI=1S/C13H11ClFN5/c14-13-18-11(10-7-17-20-12(10)19-13)16-6-5-8-1-3-9(15)4-2-8/h1-4,7H,5-6H2,(H2,16,17,18,19,20). The zero-order valence-corrected chi connectivity index (χ0v) is 11.2. The van der Waals surface area contributed by atoms with Crippen LogP contribution in [0.3, 0.4) is 0 Å². The second-order valence-electron chi connectivity index (χ2n) is 4.28. The van der Waals surface area contributed by atoms with E-state index in [-0.39, 0.29) is 11.1 Å². The minimum atomic E-state index is -0.232. The number of hydrogen-bond donors (Lipinski definition) is 2. The fraction of sp³-hybridized carbons (Fsp3) is 0.154. The number of halogens is 2. The topological polar surface area (TPSA) is 66.5 Å². The SMILES string of the molecule is Fc1ccc(CCNc2nc(Cl)nc3[nH]ncc23)cc1. The molecule has 3 aromatic rings. The van der Waals surface area contributed by atoms with Gasteiger partial charge in [-0.15, -0.1) is 0 Å². The third kappa shape index (κ3) is 2.70. The maximum Gasteiger partial charge on any atom is 0.226 e. The summed E-state index contributed by atoms with van der Waals surface area (Å²) in [6.45, 7) is 0.652. The van der Waals surface area contributed by atoms with Crippen LogP contribution in [0.4, 0.5) is 10.2 Å². The number of anilines is 1. The number of aromatic nitrogens is 4. The van der Waals surface area contributed by atoms with Crippen LogP contribution >= 0.6 is 11.6 Å². The van der Waals surface area contributed by atoms with Crippen molar-refractivity contribution >= 4 is 28.5 Å². The smallest absolute Gasteiger partial charge is 0.226 e. The monoisotopic (exact) mass is 291 g/mol. The second-order valence-corrected chi connectivity index (χ2v) is 4.61. The van der Waals surface area contributed by atoms with Crippen molar-refractivity contribution in [3.8, 4) is 0 Å². The van der Waals surface area contributed by atoms with Crippen LogP contribution in [0.25, 0.3) is 11.0 Å². The van der Waals surface area contributed by atoms with Gasteiger partial charge in [-0.25, -0.2) is 4.39 Å². The molecule has 102 valence electrons. The number of nitrogens with zero attached hydrogens (tertiary/aromatic N) is 3. The minimum Gasteiger partial charge on any atom is -0.369 e. The molecule has 0 spiro atoms. The molecule has 0 saturated carbocycles. The lowest BCUT2D eigenvalue weighted by atomic mass is 10.1. The molecular formula is C13H11ClFN5. The summed E-state index contributed by atoms with van der Waals surface area (Å²) in [5.74, 6) is 0.403. The lowest BCUT2D eigenvalue weighted by Crippen LogP contribution is -2.07. The maximum atomic E-state index is 12.8. The third-order valence-corrected chi connectivity index (χ3v) is 3.07. The summed E-state index contributed by atoms with van der Waals surface area (Å²) in [6.07, 6.45) is 2.40. The van der Waals surface area contributed by atoms with Crippen molar-refractivity contribution in [2.45, 2.75) is 6.42 Å². The first-order valence-electron chi connectivity index (χ1n) is 6.07. The summed E-state index contributed by atoms with van der Waals surface area (Å²) in [4.78, 5) is 8.17. The van der Waals surface area contributed by atoms with E-state index < -0.39 is 0 Å². The predicted molar refractivity (Wildman–Crippen MR) is 75.3 cm³/mol.